The number of hydrogen-bond acceptors (Lipinski definition) is 4. The summed E-state index contributed by atoms with van der Waals surface area (Å²) < 4.78 is 0. The topological polar surface area (TPSA) is 63.8 Å². The second-order valence-electron chi connectivity index (χ2n) is 1.67. The van der Waals surface area contributed by atoms with Crippen LogP contribution in [0.2, 0.25) is 5.15 Å². The van der Waals surface area contributed by atoms with E-state index in [-0.39, 0.29) is 0 Å². The Bertz CT molecular complexity index is 217. The Morgan fingerprint density at radius 1 is 1.60 bits per heavy atom. The number of halogens is 1. The zero-order chi connectivity index (χ0) is 7.56. The second-order valence-corrected chi connectivity index (χ2v) is 2.03. The largest absolute Gasteiger partial charge is 0.383 e. The smallest absolute Gasteiger partial charge is 0.157 e. The van der Waals surface area contributed by atoms with Crippen LogP contribution in [0.25, 0.3) is 0 Å². The highest BCUT2D eigenvalue weighted by Crippen LogP contribution is 2.21. The Kier molecular flexibility index (Phi) is 1.91. The van der Waals surface area contributed by atoms with Crippen LogP contribution in [0, 0.1) is 0 Å². The zero-order valence-electron chi connectivity index (χ0n) is 5.43. The van der Waals surface area contributed by atoms with Crippen LogP contribution in [0.5, 0.6) is 0 Å². The minimum Gasteiger partial charge on any atom is -0.383 e. The average molecular weight is 159 g/mol. The Hall–Kier alpha value is -1.03. The zero-order valence-corrected chi connectivity index (χ0v) is 6.18. The van der Waals surface area contributed by atoms with Crippen molar-refractivity contribution in [2.75, 3.05) is 18.1 Å². The number of nitrogens with two attached hydrogens (primary N) is 1. The molecule has 0 aliphatic heterocycles. The maximum Gasteiger partial charge on any atom is 0.157 e. The van der Waals surface area contributed by atoms with Gasteiger partial charge in [-0.15, -0.1) is 0 Å². The molecule has 0 aliphatic rings. The lowest BCUT2D eigenvalue weighted by molar-refractivity contribution is 1.17. The van der Waals surface area contributed by atoms with Gasteiger partial charge in [-0.2, -0.15) is 0 Å². The van der Waals surface area contributed by atoms with Crippen molar-refractivity contribution in [2.45, 2.75) is 0 Å². The van der Waals surface area contributed by atoms with Crippen molar-refractivity contribution in [3.05, 3.63) is 11.5 Å². The SMILES string of the molecule is CNc1c(N)ncnc1Cl. The fourth-order valence-electron chi connectivity index (χ4n) is 0.608. The van der Waals surface area contributed by atoms with Gasteiger partial charge >= 0.3 is 0 Å². The Labute approximate surface area is 63.4 Å². The van der Waals surface area contributed by atoms with Gasteiger partial charge in [-0.3, -0.25) is 0 Å². The molecule has 1 heterocycles. The molecular weight excluding hydrogens is 152 g/mol. The van der Waals surface area contributed by atoms with Gasteiger partial charge in [-0.25, -0.2) is 9.97 Å². The molecule has 0 saturated carbocycles. The van der Waals surface area contributed by atoms with Crippen LogP contribution < -0.4 is 11.1 Å². The van der Waals surface area contributed by atoms with Crippen LogP contribution in [-0.2, 0) is 0 Å². The van der Waals surface area contributed by atoms with Crippen LogP contribution in [-0.4, -0.2) is 17.0 Å². The van der Waals surface area contributed by atoms with Gasteiger partial charge in [0.15, 0.2) is 11.0 Å². The Balaban J connectivity index is 3.17. The van der Waals surface area contributed by atoms with E-state index >= 15 is 0 Å². The van der Waals surface area contributed by atoms with Gasteiger partial charge in [-0.05, 0) is 0 Å². The number of hydrogen-bond donors (Lipinski definition) is 2. The van der Waals surface area contributed by atoms with Crippen molar-refractivity contribution in [2.24, 2.45) is 0 Å². The van der Waals surface area contributed by atoms with E-state index in [1.165, 1.54) is 6.33 Å². The number of anilines is 2. The van der Waals surface area contributed by atoms with Gasteiger partial charge in [0, 0.05) is 7.05 Å². The number of nitrogens with one attached hydrogen (secondary N) is 1. The lowest BCUT2D eigenvalue weighted by Crippen LogP contribution is -1.99. The average Bonchev–Trinajstić information content (AvgIpc) is 1.88. The first-order valence-electron chi connectivity index (χ1n) is 2.69. The van der Waals surface area contributed by atoms with Crippen molar-refractivity contribution in [3.8, 4) is 0 Å². The summed E-state index contributed by atoms with van der Waals surface area (Å²) in [5.74, 6) is 0.363. The molecule has 0 spiro atoms. The van der Waals surface area contributed by atoms with Gasteiger partial charge in [0.25, 0.3) is 0 Å². The van der Waals surface area contributed by atoms with Crippen LogP contribution in [0.3, 0.4) is 0 Å². The van der Waals surface area contributed by atoms with Crippen LogP contribution in [0.4, 0.5) is 11.5 Å². The van der Waals surface area contributed by atoms with E-state index in [0.717, 1.165) is 0 Å². The van der Waals surface area contributed by atoms with Crippen molar-refractivity contribution in [3.63, 3.8) is 0 Å². The summed E-state index contributed by atoms with van der Waals surface area (Å²) >= 11 is 5.64. The summed E-state index contributed by atoms with van der Waals surface area (Å²) in [7, 11) is 1.71. The lowest BCUT2D eigenvalue weighted by Gasteiger charge is -2.02. The highest BCUT2D eigenvalue weighted by Gasteiger charge is 2.02. The van der Waals surface area contributed by atoms with Crippen molar-refractivity contribution in [1.82, 2.24) is 9.97 Å². The predicted molar refractivity (Wildman–Crippen MR) is 41.0 cm³/mol. The van der Waals surface area contributed by atoms with Gasteiger partial charge in [-0.1, -0.05) is 11.6 Å². The molecular formula is C5H7ClN4. The highest BCUT2D eigenvalue weighted by molar-refractivity contribution is 6.32. The van der Waals surface area contributed by atoms with Gasteiger partial charge in [0.2, 0.25) is 0 Å². The third-order valence-corrected chi connectivity index (χ3v) is 1.37. The summed E-state index contributed by atoms with van der Waals surface area (Å²) in [6.07, 6.45) is 1.32. The third-order valence-electron chi connectivity index (χ3n) is 1.08. The summed E-state index contributed by atoms with van der Waals surface area (Å²) in [6.45, 7) is 0. The normalized spacial score (nSPS) is 9.40. The molecule has 10 heavy (non-hydrogen) atoms. The van der Waals surface area contributed by atoms with E-state index in [0.29, 0.717) is 16.7 Å². The summed E-state index contributed by atoms with van der Waals surface area (Å²) in [4.78, 5) is 7.45. The third kappa shape index (κ3) is 1.11. The summed E-state index contributed by atoms with van der Waals surface area (Å²) in [5, 5.41) is 3.12. The number of aromatic nitrogens is 2. The fraction of sp³-hybridized carbons (Fsp3) is 0.200. The Morgan fingerprint density at radius 3 is 2.70 bits per heavy atom. The van der Waals surface area contributed by atoms with Gasteiger partial charge in [0.05, 0.1) is 0 Å². The lowest BCUT2D eigenvalue weighted by atomic mass is 10.5. The van der Waals surface area contributed by atoms with E-state index in [9.17, 15) is 0 Å². The molecule has 0 aliphatic carbocycles. The summed E-state index contributed by atoms with van der Waals surface area (Å²) in [5.41, 5.74) is 6.01. The number of rotatable bonds is 1. The molecule has 1 aromatic rings. The first-order chi connectivity index (χ1) is 4.75. The highest BCUT2D eigenvalue weighted by atomic mass is 35.5. The van der Waals surface area contributed by atoms with Crippen molar-refractivity contribution in [1.29, 1.82) is 0 Å². The molecule has 5 heteroatoms. The number of nitrogens with zero attached hydrogens (tertiary/aromatic N) is 2. The maximum atomic E-state index is 5.64. The molecule has 0 fully saturated rings. The molecule has 0 aromatic carbocycles. The maximum absolute atomic E-state index is 5.64. The van der Waals surface area contributed by atoms with Crippen molar-refractivity contribution < 1.29 is 0 Å². The first-order valence-corrected chi connectivity index (χ1v) is 3.07. The van der Waals surface area contributed by atoms with E-state index in [1.54, 1.807) is 7.05 Å². The van der Waals surface area contributed by atoms with Gasteiger partial charge < -0.3 is 11.1 Å². The fourth-order valence-corrected chi connectivity index (χ4v) is 0.843. The number of nitrogen functional groups attached to an aromatic ring is 1. The molecule has 0 radical (unpaired) electrons. The standard InChI is InChI=1S/C5H7ClN4/c1-8-3-4(6)9-2-10-5(3)7/h2,8H,1H3,(H2,7,9,10). The molecule has 4 nitrogen and oxygen atoms in total. The molecule has 0 saturated heterocycles. The molecule has 3 N–H and O–H groups in total. The van der Waals surface area contributed by atoms with E-state index in [1.807, 2.05) is 0 Å². The molecule has 54 valence electrons. The van der Waals surface area contributed by atoms with E-state index < -0.39 is 0 Å². The molecule has 0 bridgehead atoms. The van der Waals surface area contributed by atoms with E-state index in [4.69, 9.17) is 17.3 Å². The minimum atomic E-state index is 0.343. The van der Waals surface area contributed by atoms with E-state index in [2.05, 4.69) is 15.3 Å². The molecule has 0 unspecified atom stereocenters. The van der Waals surface area contributed by atoms with Crippen LogP contribution in [0.1, 0.15) is 0 Å². The minimum absolute atomic E-state index is 0.343. The monoisotopic (exact) mass is 158 g/mol. The van der Waals surface area contributed by atoms with Crippen molar-refractivity contribution >= 4 is 23.1 Å². The van der Waals surface area contributed by atoms with Gasteiger partial charge in [0.1, 0.15) is 12.0 Å². The summed E-state index contributed by atoms with van der Waals surface area (Å²) in [6, 6.07) is 0. The predicted octanol–water partition coefficient (Wildman–Crippen LogP) is 0.754. The molecule has 1 rings (SSSR count). The second kappa shape index (κ2) is 2.70. The Morgan fingerprint density at radius 2 is 2.30 bits per heavy atom. The molecule has 1 aromatic heterocycles. The quantitative estimate of drug-likeness (QED) is 0.593. The molecule has 0 amide bonds. The first kappa shape index (κ1) is 7.08. The molecule has 0 atom stereocenters. The van der Waals surface area contributed by atoms with Crippen LogP contribution >= 0.6 is 11.6 Å². The van der Waals surface area contributed by atoms with Crippen LogP contribution in [0.15, 0.2) is 6.33 Å².